The van der Waals surface area contributed by atoms with Gasteiger partial charge in [-0.2, -0.15) is 0 Å². The van der Waals surface area contributed by atoms with Crippen molar-refractivity contribution in [2.45, 2.75) is 25.9 Å². The van der Waals surface area contributed by atoms with Crippen molar-refractivity contribution >= 4 is 23.3 Å². The molecule has 2 aromatic carbocycles. The van der Waals surface area contributed by atoms with Crippen LogP contribution < -0.4 is 24.9 Å². The zero-order valence-electron chi connectivity index (χ0n) is 16.7. The van der Waals surface area contributed by atoms with Crippen LogP contribution >= 0.6 is 11.3 Å². The zero-order valence-corrected chi connectivity index (χ0v) is 17.5. The van der Waals surface area contributed by atoms with Crippen LogP contribution in [0.5, 0.6) is 5.75 Å². The Hall–Kier alpha value is -3.19. The predicted octanol–water partition coefficient (Wildman–Crippen LogP) is 2.02. The van der Waals surface area contributed by atoms with Gasteiger partial charge in [-0.1, -0.05) is 53.8 Å². The van der Waals surface area contributed by atoms with Crippen molar-refractivity contribution in [3.05, 3.63) is 85.4 Å². The van der Waals surface area contributed by atoms with E-state index in [1.165, 1.54) is 11.3 Å². The first-order valence-electron chi connectivity index (χ1n) is 9.93. The third-order valence-corrected chi connectivity index (χ3v) is 5.94. The number of ether oxygens (including phenoxy) is 1. The molecule has 0 spiro atoms. The Bertz CT molecular complexity index is 1200. The Morgan fingerprint density at radius 2 is 2.00 bits per heavy atom. The minimum Gasteiger partial charge on any atom is -0.484 e. The zero-order chi connectivity index (χ0) is 20.9. The normalized spacial score (nSPS) is 14.5. The molecule has 0 fully saturated rings. The van der Waals surface area contributed by atoms with E-state index in [0.717, 1.165) is 35.4 Å². The molecule has 0 aliphatic carbocycles. The number of nitrogens with one attached hydrogen (secondary N) is 1. The first-order chi connectivity index (χ1) is 14.6. The summed E-state index contributed by atoms with van der Waals surface area (Å²) in [6, 6.07) is 17.1. The molecular formula is C23H23N3O3S. The van der Waals surface area contributed by atoms with Crippen LogP contribution in [-0.4, -0.2) is 23.6 Å². The second kappa shape index (κ2) is 9.09. The molecule has 30 heavy (non-hydrogen) atoms. The standard InChI is InChI=1S/C23H23N3O3S/c1-16(18-6-3-2-4-7-18)25-21(27)15-29-19-10-8-17(9-11-19)14-20-22(28)26-13-5-12-24-23(26)30-20/h2-4,6-11,14,16H,5,12-13,15H2,1H3,(H,25,27)/b20-14+/t16-/m1/s1. The minimum atomic E-state index is -0.178. The van der Waals surface area contributed by atoms with Crippen LogP contribution in [0, 0.1) is 0 Å². The molecule has 0 radical (unpaired) electrons. The average molecular weight is 422 g/mol. The quantitative estimate of drug-likeness (QED) is 0.662. The van der Waals surface area contributed by atoms with E-state index >= 15 is 0 Å². The van der Waals surface area contributed by atoms with E-state index in [4.69, 9.17) is 4.74 Å². The van der Waals surface area contributed by atoms with Gasteiger partial charge in [0.1, 0.15) is 5.75 Å². The average Bonchev–Trinajstić information content (AvgIpc) is 3.09. The Labute approximate surface area is 178 Å². The molecule has 0 saturated heterocycles. The molecular weight excluding hydrogens is 398 g/mol. The summed E-state index contributed by atoms with van der Waals surface area (Å²) in [5, 5.41) is 2.93. The number of carbonyl (C=O) groups is 1. The van der Waals surface area contributed by atoms with Gasteiger partial charge in [0.2, 0.25) is 0 Å². The lowest BCUT2D eigenvalue weighted by molar-refractivity contribution is -0.123. The topological polar surface area (TPSA) is 72.7 Å². The highest BCUT2D eigenvalue weighted by atomic mass is 32.1. The molecule has 0 bridgehead atoms. The van der Waals surface area contributed by atoms with Crippen LogP contribution in [0.15, 0.2) is 64.4 Å². The lowest BCUT2D eigenvalue weighted by Crippen LogP contribution is -2.33. The summed E-state index contributed by atoms with van der Waals surface area (Å²) in [5.41, 5.74) is 1.97. The van der Waals surface area contributed by atoms with E-state index < -0.39 is 0 Å². The van der Waals surface area contributed by atoms with Crippen molar-refractivity contribution in [3.63, 3.8) is 0 Å². The second-order valence-electron chi connectivity index (χ2n) is 7.14. The predicted molar refractivity (Wildman–Crippen MR) is 117 cm³/mol. The molecule has 1 aliphatic rings. The van der Waals surface area contributed by atoms with E-state index in [2.05, 4.69) is 10.3 Å². The number of nitrogens with zero attached hydrogens (tertiary/aromatic N) is 2. The molecule has 3 aromatic rings. The first-order valence-corrected chi connectivity index (χ1v) is 10.7. The summed E-state index contributed by atoms with van der Waals surface area (Å²) in [6.07, 6.45) is 2.78. The van der Waals surface area contributed by atoms with E-state index in [0.29, 0.717) is 10.3 Å². The monoisotopic (exact) mass is 421 g/mol. The van der Waals surface area contributed by atoms with E-state index in [1.54, 1.807) is 16.7 Å². The van der Waals surface area contributed by atoms with Gasteiger partial charge in [0.05, 0.1) is 10.6 Å². The van der Waals surface area contributed by atoms with Gasteiger partial charge in [0, 0.05) is 13.1 Å². The summed E-state index contributed by atoms with van der Waals surface area (Å²) in [7, 11) is 0. The van der Waals surface area contributed by atoms with Crippen molar-refractivity contribution in [2.75, 3.05) is 13.2 Å². The smallest absolute Gasteiger partial charge is 0.270 e. The Balaban J connectivity index is 1.37. The number of hydrogen-bond acceptors (Lipinski definition) is 5. The van der Waals surface area contributed by atoms with E-state index in [1.807, 2.05) is 55.5 Å². The van der Waals surface area contributed by atoms with Crippen molar-refractivity contribution in [2.24, 2.45) is 4.99 Å². The van der Waals surface area contributed by atoms with Crippen LogP contribution in [0.25, 0.3) is 6.08 Å². The number of carbonyl (C=O) groups excluding carboxylic acids is 1. The molecule has 4 rings (SSSR count). The maximum atomic E-state index is 12.5. The number of hydrogen-bond donors (Lipinski definition) is 1. The third kappa shape index (κ3) is 4.68. The van der Waals surface area contributed by atoms with Gasteiger partial charge in [-0.15, -0.1) is 0 Å². The lowest BCUT2D eigenvalue weighted by Gasteiger charge is -2.14. The number of fused-ring (bicyclic) bond motifs is 1. The Kier molecular flexibility index (Phi) is 6.09. The largest absolute Gasteiger partial charge is 0.484 e. The van der Waals surface area contributed by atoms with Gasteiger partial charge >= 0.3 is 0 Å². The second-order valence-corrected chi connectivity index (χ2v) is 8.15. The fraction of sp³-hybridized carbons (Fsp3) is 0.261. The molecule has 0 saturated carbocycles. The third-order valence-electron chi connectivity index (χ3n) is 4.90. The van der Waals surface area contributed by atoms with Gasteiger partial charge < -0.3 is 10.1 Å². The molecule has 0 unspecified atom stereocenters. The van der Waals surface area contributed by atoms with E-state index in [9.17, 15) is 9.59 Å². The van der Waals surface area contributed by atoms with Crippen molar-refractivity contribution in [1.82, 2.24) is 9.88 Å². The molecule has 6 nitrogen and oxygen atoms in total. The van der Waals surface area contributed by atoms with Crippen LogP contribution in [0.1, 0.15) is 30.5 Å². The lowest BCUT2D eigenvalue weighted by atomic mass is 10.1. The summed E-state index contributed by atoms with van der Waals surface area (Å²) < 4.78 is 8.02. The van der Waals surface area contributed by atoms with Gasteiger partial charge in [-0.25, -0.2) is 0 Å². The van der Waals surface area contributed by atoms with Crippen molar-refractivity contribution in [1.29, 1.82) is 0 Å². The summed E-state index contributed by atoms with van der Waals surface area (Å²) in [4.78, 5) is 29.8. The highest BCUT2D eigenvalue weighted by Gasteiger charge is 2.10. The van der Waals surface area contributed by atoms with Gasteiger partial charge in [0.25, 0.3) is 11.5 Å². The molecule has 1 N–H and O–H groups in total. The Morgan fingerprint density at radius 1 is 1.23 bits per heavy atom. The molecule has 154 valence electrons. The maximum absolute atomic E-state index is 12.5. The van der Waals surface area contributed by atoms with Crippen molar-refractivity contribution < 1.29 is 9.53 Å². The maximum Gasteiger partial charge on any atom is 0.270 e. The minimum absolute atomic E-state index is 0.0167. The summed E-state index contributed by atoms with van der Waals surface area (Å²) >= 11 is 1.42. The number of benzene rings is 2. The number of amides is 1. The number of aromatic nitrogens is 1. The summed E-state index contributed by atoms with van der Waals surface area (Å²) in [6.45, 7) is 3.40. The first kappa shape index (κ1) is 20.1. The number of thiazole rings is 1. The van der Waals surface area contributed by atoms with Crippen molar-refractivity contribution in [3.8, 4) is 5.75 Å². The highest BCUT2D eigenvalue weighted by Crippen LogP contribution is 2.14. The van der Waals surface area contributed by atoms with Crippen LogP contribution in [0.2, 0.25) is 0 Å². The molecule has 1 atom stereocenters. The highest BCUT2D eigenvalue weighted by molar-refractivity contribution is 7.07. The van der Waals surface area contributed by atoms with Gasteiger partial charge in [0.15, 0.2) is 11.4 Å². The fourth-order valence-corrected chi connectivity index (χ4v) is 4.32. The fourth-order valence-electron chi connectivity index (χ4n) is 3.30. The molecule has 2 heterocycles. The van der Waals surface area contributed by atoms with E-state index in [-0.39, 0.29) is 24.1 Å². The molecule has 7 heteroatoms. The summed E-state index contributed by atoms with van der Waals surface area (Å²) in [5.74, 6) is 0.426. The van der Waals surface area contributed by atoms with Crippen LogP contribution in [0.3, 0.4) is 0 Å². The molecule has 1 aliphatic heterocycles. The Morgan fingerprint density at radius 3 is 2.73 bits per heavy atom. The van der Waals surface area contributed by atoms with Crippen LogP contribution in [0.4, 0.5) is 0 Å². The molecule has 1 aromatic heterocycles. The SMILES string of the molecule is C[C@@H](NC(=O)COc1ccc(/C=c2/sc3n(c2=O)CCCN=3)cc1)c1ccccc1. The number of rotatable bonds is 6. The molecule has 1 amide bonds. The van der Waals surface area contributed by atoms with Crippen LogP contribution in [-0.2, 0) is 11.3 Å². The van der Waals surface area contributed by atoms with Gasteiger partial charge in [-0.3, -0.25) is 19.1 Å². The van der Waals surface area contributed by atoms with Gasteiger partial charge in [-0.05, 0) is 42.7 Å².